The molecule has 1 aliphatic heterocycles. The highest BCUT2D eigenvalue weighted by Crippen LogP contribution is 2.32. The van der Waals surface area contributed by atoms with Crippen LogP contribution in [0.4, 0.5) is 0 Å². The Morgan fingerprint density at radius 1 is 1.24 bits per heavy atom. The number of guanidine groups is 1. The summed E-state index contributed by atoms with van der Waals surface area (Å²) in [6.07, 6.45) is 2.69. The number of hydrogen-bond acceptors (Lipinski definition) is 3. The molecule has 0 spiro atoms. The summed E-state index contributed by atoms with van der Waals surface area (Å²) in [6, 6.07) is 6.68. The topological polar surface area (TPSA) is 65.9 Å². The minimum Gasteiger partial charge on any atom is -0.396 e. The second-order valence-electron chi connectivity index (χ2n) is 7.14. The van der Waals surface area contributed by atoms with Crippen LogP contribution in [0.2, 0.25) is 0 Å². The van der Waals surface area contributed by atoms with Gasteiger partial charge in [0.1, 0.15) is 0 Å². The van der Waals surface area contributed by atoms with Crippen LogP contribution in [-0.2, 0) is 11.2 Å². The third-order valence-corrected chi connectivity index (χ3v) is 4.73. The van der Waals surface area contributed by atoms with Crippen LogP contribution in [0, 0.1) is 19.3 Å². The van der Waals surface area contributed by atoms with Crippen LogP contribution in [0.1, 0.15) is 36.5 Å². The summed E-state index contributed by atoms with van der Waals surface area (Å²) in [5.74, 6) is 0.844. The van der Waals surface area contributed by atoms with E-state index < -0.39 is 0 Å². The number of rotatable bonds is 8. The number of benzene rings is 1. The summed E-state index contributed by atoms with van der Waals surface area (Å²) in [7, 11) is 0. The summed E-state index contributed by atoms with van der Waals surface area (Å²) < 4.78 is 5.55. The van der Waals surface area contributed by atoms with Crippen LogP contribution in [0.5, 0.6) is 0 Å². The molecule has 0 bridgehead atoms. The lowest BCUT2D eigenvalue weighted by atomic mass is 9.84. The largest absolute Gasteiger partial charge is 0.396 e. The molecule has 3 N–H and O–H groups in total. The monoisotopic (exact) mass is 347 g/mol. The highest BCUT2D eigenvalue weighted by Gasteiger charge is 2.34. The predicted octanol–water partition coefficient (Wildman–Crippen LogP) is 2.19. The Labute approximate surface area is 151 Å². The number of nitrogens with zero attached hydrogens (tertiary/aromatic N) is 1. The molecule has 1 aromatic rings. The summed E-state index contributed by atoms with van der Waals surface area (Å²) in [6.45, 7) is 10.4. The van der Waals surface area contributed by atoms with E-state index in [4.69, 9.17) is 9.73 Å². The number of aliphatic hydroxyl groups is 1. The van der Waals surface area contributed by atoms with Gasteiger partial charge in [0, 0.05) is 31.7 Å². The molecular weight excluding hydrogens is 314 g/mol. The molecule has 1 heterocycles. The Balaban J connectivity index is 1.90. The van der Waals surface area contributed by atoms with Gasteiger partial charge in [0.25, 0.3) is 0 Å². The zero-order chi connectivity index (χ0) is 18.1. The minimum atomic E-state index is -0.00917. The van der Waals surface area contributed by atoms with Crippen LogP contribution in [0.25, 0.3) is 0 Å². The van der Waals surface area contributed by atoms with E-state index in [0.29, 0.717) is 13.2 Å². The van der Waals surface area contributed by atoms with Crippen molar-refractivity contribution in [1.82, 2.24) is 10.6 Å². The smallest absolute Gasteiger partial charge is 0.191 e. The van der Waals surface area contributed by atoms with E-state index >= 15 is 0 Å². The lowest BCUT2D eigenvalue weighted by Crippen LogP contribution is -2.39. The fourth-order valence-corrected chi connectivity index (χ4v) is 3.41. The molecule has 2 rings (SSSR count). The lowest BCUT2D eigenvalue weighted by Gasteiger charge is -2.24. The Morgan fingerprint density at radius 2 is 2.00 bits per heavy atom. The first-order chi connectivity index (χ1) is 12.1. The molecule has 1 atom stereocenters. The van der Waals surface area contributed by atoms with Crippen LogP contribution in [0.15, 0.2) is 23.2 Å². The van der Waals surface area contributed by atoms with Crippen molar-refractivity contribution in [2.24, 2.45) is 10.4 Å². The molecule has 0 aliphatic carbocycles. The molecule has 1 unspecified atom stereocenters. The molecule has 0 aromatic heterocycles. The van der Waals surface area contributed by atoms with E-state index in [9.17, 15) is 5.11 Å². The normalized spacial score (nSPS) is 20.7. The maximum absolute atomic E-state index is 9.34. The number of aliphatic hydroxyl groups excluding tert-OH is 1. The van der Waals surface area contributed by atoms with Gasteiger partial charge in [0.05, 0.1) is 13.2 Å². The molecule has 5 nitrogen and oxygen atoms in total. The van der Waals surface area contributed by atoms with Crippen molar-refractivity contribution in [2.45, 2.75) is 40.0 Å². The van der Waals surface area contributed by atoms with E-state index in [0.717, 1.165) is 44.9 Å². The SMILES string of the molecule is CCNC(=NCC1(CCO)CCOC1)NCCc1cc(C)cc(C)c1. The van der Waals surface area contributed by atoms with Crippen molar-refractivity contribution in [3.63, 3.8) is 0 Å². The van der Waals surface area contributed by atoms with Crippen molar-refractivity contribution in [1.29, 1.82) is 0 Å². The van der Waals surface area contributed by atoms with Gasteiger partial charge in [0.15, 0.2) is 5.96 Å². The Morgan fingerprint density at radius 3 is 2.60 bits per heavy atom. The van der Waals surface area contributed by atoms with Gasteiger partial charge in [0.2, 0.25) is 0 Å². The van der Waals surface area contributed by atoms with Gasteiger partial charge in [-0.3, -0.25) is 4.99 Å². The summed E-state index contributed by atoms with van der Waals surface area (Å²) in [5, 5.41) is 16.1. The molecule has 5 heteroatoms. The summed E-state index contributed by atoms with van der Waals surface area (Å²) in [4.78, 5) is 4.76. The molecule has 0 radical (unpaired) electrons. The van der Waals surface area contributed by atoms with Crippen molar-refractivity contribution < 1.29 is 9.84 Å². The first kappa shape index (κ1) is 19.7. The molecule has 0 amide bonds. The number of nitrogens with one attached hydrogen (secondary N) is 2. The van der Waals surface area contributed by atoms with Gasteiger partial charge in [-0.05, 0) is 45.6 Å². The van der Waals surface area contributed by atoms with E-state index in [1.807, 2.05) is 0 Å². The summed E-state index contributed by atoms with van der Waals surface area (Å²) in [5.41, 5.74) is 3.96. The fourth-order valence-electron chi connectivity index (χ4n) is 3.41. The number of aliphatic imine (C=N–C) groups is 1. The molecule has 140 valence electrons. The van der Waals surface area contributed by atoms with Gasteiger partial charge in [-0.1, -0.05) is 29.3 Å². The fraction of sp³-hybridized carbons (Fsp3) is 0.650. The van der Waals surface area contributed by atoms with Crippen LogP contribution in [-0.4, -0.2) is 50.5 Å². The van der Waals surface area contributed by atoms with Crippen molar-refractivity contribution in [3.8, 4) is 0 Å². The highest BCUT2D eigenvalue weighted by atomic mass is 16.5. The summed E-state index contributed by atoms with van der Waals surface area (Å²) >= 11 is 0. The van der Waals surface area contributed by atoms with E-state index in [1.54, 1.807) is 0 Å². The van der Waals surface area contributed by atoms with Crippen LogP contribution in [0.3, 0.4) is 0 Å². The molecule has 1 saturated heterocycles. The van der Waals surface area contributed by atoms with Crippen LogP contribution >= 0.6 is 0 Å². The molecule has 0 saturated carbocycles. The molecule has 1 aliphatic rings. The first-order valence-corrected chi connectivity index (χ1v) is 9.35. The number of hydrogen-bond donors (Lipinski definition) is 3. The van der Waals surface area contributed by atoms with Crippen LogP contribution < -0.4 is 10.6 Å². The predicted molar refractivity (Wildman–Crippen MR) is 103 cm³/mol. The average Bonchev–Trinajstić information content (AvgIpc) is 3.01. The van der Waals surface area contributed by atoms with Gasteiger partial charge < -0.3 is 20.5 Å². The standard InChI is InChI=1S/C20H33N3O2/c1-4-21-19(23-14-20(6-9-24)7-10-25-15-20)22-8-5-18-12-16(2)11-17(3)13-18/h11-13,24H,4-10,14-15H2,1-3H3,(H2,21,22,23). The maximum Gasteiger partial charge on any atom is 0.191 e. The minimum absolute atomic E-state index is 0.00917. The Bertz CT molecular complexity index is 546. The van der Waals surface area contributed by atoms with Crippen molar-refractivity contribution in [2.75, 3.05) is 39.5 Å². The third-order valence-electron chi connectivity index (χ3n) is 4.73. The van der Waals surface area contributed by atoms with Gasteiger partial charge >= 0.3 is 0 Å². The van der Waals surface area contributed by atoms with E-state index in [-0.39, 0.29) is 12.0 Å². The Kier molecular flexibility index (Phi) is 7.72. The average molecular weight is 348 g/mol. The van der Waals surface area contributed by atoms with E-state index in [1.165, 1.54) is 16.7 Å². The molecule has 1 fully saturated rings. The Hall–Kier alpha value is -1.59. The third kappa shape index (κ3) is 6.33. The highest BCUT2D eigenvalue weighted by molar-refractivity contribution is 5.79. The maximum atomic E-state index is 9.34. The van der Waals surface area contributed by atoms with Crippen molar-refractivity contribution in [3.05, 3.63) is 34.9 Å². The number of aryl methyl sites for hydroxylation is 2. The zero-order valence-corrected chi connectivity index (χ0v) is 15.9. The van der Waals surface area contributed by atoms with Gasteiger partial charge in [-0.2, -0.15) is 0 Å². The quantitative estimate of drug-likeness (QED) is 0.498. The van der Waals surface area contributed by atoms with Crippen molar-refractivity contribution >= 4 is 5.96 Å². The second-order valence-corrected chi connectivity index (χ2v) is 7.14. The molecular formula is C20H33N3O2. The first-order valence-electron chi connectivity index (χ1n) is 9.35. The molecule has 1 aromatic carbocycles. The second kappa shape index (κ2) is 9.78. The van der Waals surface area contributed by atoms with Gasteiger partial charge in [-0.15, -0.1) is 0 Å². The van der Waals surface area contributed by atoms with Gasteiger partial charge in [-0.25, -0.2) is 0 Å². The van der Waals surface area contributed by atoms with E-state index in [2.05, 4.69) is 49.6 Å². The lowest BCUT2D eigenvalue weighted by molar-refractivity contribution is 0.131. The number of ether oxygens (including phenoxy) is 1. The molecule has 25 heavy (non-hydrogen) atoms. The zero-order valence-electron chi connectivity index (χ0n) is 15.9.